The quantitative estimate of drug-likeness (QED) is 0.704. The molecule has 16 heavy (non-hydrogen) atoms. The van der Waals surface area contributed by atoms with E-state index in [-0.39, 0.29) is 0 Å². The van der Waals surface area contributed by atoms with Crippen LogP contribution in [0, 0.1) is 0 Å². The summed E-state index contributed by atoms with van der Waals surface area (Å²) in [6, 6.07) is 7.89. The summed E-state index contributed by atoms with van der Waals surface area (Å²) in [7, 11) is 1.67. The number of nitrogens with zero attached hydrogens (tertiary/aromatic N) is 1. The average molecular weight is 213 g/mol. The molecule has 0 fully saturated rings. The maximum absolute atomic E-state index is 5.09. The van der Waals surface area contributed by atoms with Gasteiger partial charge in [0.2, 0.25) is 0 Å². The summed E-state index contributed by atoms with van der Waals surface area (Å²) < 4.78 is 5.09. The minimum atomic E-state index is 0.791. The molecule has 0 amide bonds. The van der Waals surface area contributed by atoms with Gasteiger partial charge < -0.3 is 4.74 Å². The monoisotopic (exact) mass is 213 g/mol. The standard InChI is InChI=1S/C14H15NO/c1-16-14-8-6-13(7-9-14)11-15-10-12-4-2-3-5-12/h2-4,6-9,11H,5,10H2,1H3. The van der Waals surface area contributed by atoms with Crippen molar-refractivity contribution in [3.05, 3.63) is 53.6 Å². The molecule has 0 unspecified atom stereocenters. The normalized spacial score (nSPS) is 14.4. The summed E-state index contributed by atoms with van der Waals surface area (Å²) in [4.78, 5) is 4.41. The maximum atomic E-state index is 5.09. The lowest BCUT2D eigenvalue weighted by molar-refractivity contribution is 0.415. The lowest BCUT2D eigenvalue weighted by atomic mass is 10.2. The Morgan fingerprint density at radius 3 is 2.75 bits per heavy atom. The molecule has 1 aromatic rings. The first-order valence-corrected chi connectivity index (χ1v) is 5.37. The van der Waals surface area contributed by atoms with Crippen LogP contribution in [0.1, 0.15) is 12.0 Å². The van der Waals surface area contributed by atoms with Crippen molar-refractivity contribution in [2.75, 3.05) is 13.7 Å². The van der Waals surface area contributed by atoms with Crippen LogP contribution in [0.3, 0.4) is 0 Å². The largest absolute Gasteiger partial charge is 0.497 e. The number of rotatable bonds is 4. The lowest BCUT2D eigenvalue weighted by Crippen LogP contribution is -1.88. The highest BCUT2D eigenvalue weighted by atomic mass is 16.5. The van der Waals surface area contributed by atoms with E-state index >= 15 is 0 Å². The van der Waals surface area contributed by atoms with Gasteiger partial charge in [0, 0.05) is 6.21 Å². The van der Waals surface area contributed by atoms with Gasteiger partial charge in [-0.05, 0) is 41.8 Å². The Balaban J connectivity index is 1.90. The van der Waals surface area contributed by atoms with Crippen LogP contribution < -0.4 is 4.74 Å². The molecule has 1 aromatic carbocycles. The van der Waals surface area contributed by atoms with Gasteiger partial charge in [-0.15, -0.1) is 0 Å². The number of ether oxygens (including phenoxy) is 1. The van der Waals surface area contributed by atoms with Gasteiger partial charge in [0.25, 0.3) is 0 Å². The van der Waals surface area contributed by atoms with E-state index in [0.29, 0.717) is 0 Å². The zero-order valence-electron chi connectivity index (χ0n) is 9.39. The predicted molar refractivity (Wildman–Crippen MR) is 67.3 cm³/mol. The molecule has 2 heteroatoms. The second-order valence-electron chi connectivity index (χ2n) is 3.70. The molecular weight excluding hydrogens is 198 g/mol. The van der Waals surface area contributed by atoms with E-state index in [1.165, 1.54) is 5.57 Å². The summed E-state index contributed by atoms with van der Waals surface area (Å²) in [6.07, 6.45) is 9.31. The Morgan fingerprint density at radius 1 is 1.31 bits per heavy atom. The van der Waals surface area contributed by atoms with E-state index in [1.54, 1.807) is 7.11 Å². The van der Waals surface area contributed by atoms with Crippen molar-refractivity contribution in [2.24, 2.45) is 4.99 Å². The van der Waals surface area contributed by atoms with Gasteiger partial charge in [0.05, 0.1) is 13.7 Å². The molecule has 0 saturated carbocycles. The summed E-state index contributed by atoms with van der Waals surface area (Å²) in [6.45, 7) is 0.791. The summed E-state index contributed by atoms with van der Waals surface area (Å²) in [5.74, 6) is 0.875. The molecule has 0 bridgehead atoms. The van der Waals surface area contributed by atoms with E-state index in [0.717, 1.165) is 24.3 Å². The first-order valence-electron chi connectivity index (χ1n) is 5.37. The fourth-order valence-corrected chi connectivity index (χ4v) is 1.57. The van der Waals surface area contributed by atoms with E-state index in [9.17, 15) is 0 Å². The van der Waals surface area contributed by atoms with Crippen LogP contribution in [0.5, 0.6) is 5.75 Å². The van der Waals surface area contributed by atoms with Gasteiger partial charge >= 0.3 is 0 Å². The van der Waals surface area contributed by atoms with Crippen molar-refractivity contribution < 1.29 is 4.74 Å². The van der Waals surface area contributed by atoms with E-state index < -0.39 is 0 Å². The van der Waals surface area contributed by atoms with Crippen LogP contribution >= 0.6 is 0 Å². The SMILES string of the molecule is COc1ccc(C=NCC2=CC=CC2)cc1. The number of aliphatic imine (C=N–C) groups is 1. The zero-order chi connectivity index (χ0) is 11.2. The van der Waals surface area contributed by atoms with E-state index in [4.69, 9.17) is 4.74 Å². The van der Waals surface area contributed by atoms with Crippen LogP contribution in [-0.4, -0.2) is 19.9 Å². The molecule has 0 radical (unpaired) electrons. The molecule has 0 spiro atoms. The maximum Gasteiger partial charge on any atom is 0.118 e. The van der Waals surface area contributed by atoms with Crippen LogP contribution in [0.15, 0.2) is 53.1 Å². The Labute approximate surface area is 96.0 Å². The van der Waals surface area contributed by atoms with Crippen LogP contribution in [-0.2, 0) is 0 Å². The fourth-order valence-electron chi connectivity index (χ4n) is 1.57. The number of benzene rings is 1. The number of hydrogen-bond acceptors (Lipinski definition) is 2. The highest BCUT2D eigenvalue weighted by molar-refractivity contribution is 5.79. The van der Waals surface area contributed by atoms with Gasteiger partial charge in [0.1, 0.15) is 5.75 Å². The minimum Gasteiger partial charge on any atom is -0.497 e. The van der Waals surface area contributed by atoms with Crippen LogP contribution in [0.2, 0.25) is 0 Å². The first-order chi connectivity index (χ1) is 7.88. The number of hydrogen-bond donors (Lipinski definition) is 0. The third-order valence-corrected chi connectivity index (χ3v) is 2.50. The van der Waals surface area contributed by atoms with Gasteiger partial charge in [-0.1, -0.05) is 18.2 Å². The molecule has 0 heterocycles. The Bertz CT molecular complexity index is 427. The fraction of sp³-hybridized carbons (Fsp3) is 0.214. The second kappa shape index (κ2) is 5.31. The Kier molecular flexibility index (Phi) is 3.54. The third-order valence-electron chi connectivity index (χ3n) is 2.50. The minimum absolute atomic E-state index is 0.791. The van der Waals surface area contributed by atoms with Crippen molar-refractivity contribution >= 4 is 6.21 Å². The second-order valence-corrected chi connectivity index (χ2v) is 3.70. The highest BCUT2D eigenvalue weighted by Gasteiger charge is 1.96. The van der Waals surface area contributed by atoms with E-state index in [1.807, 2.05) is 30.5 Å². The van der Waals surface area contributed by atoms with Crippen molar-refractivity contribution in [1.29, 1.82) is 0 Å². The molecule has 82 valence electrons. The highest BCUT2D eigenvalue weighted by Crippen LogP contribution is 2.11. The average Bonchev–Trinajstić information content (AvgIpc) is 2.83. The van der Waals surface area contributed by atoms with Crippen molar-refractivity contribution in [3.63, 3.8) is 0 Å². The Morgan fingerprint density at radius 2 is 2.12 bits per heavy atom. The molecular formula is C14H15NO. The summed E-state index contributed by atoms with van der Waals surface area (Å²) in [5.41, 5.74) is 2.47. The molecule has 1 aliphatic carbocycles. The van der Waals surface area contributed by atoms with Crippen LogP contribution in [0.25, 0.3) is 0 Å². The van der Waals surface area contributed by atoms with Crippen molar-refractivity contribution in [2.45, 2.75) is 6.42 Å². The van der Waals surface area contributed by atoms with E-state index in [2.05, 4.69) is 23.2 Å². The molecule has 0 saturated heterocycles. The summed E-state index contributed by atoms with van der Waals surface area (Å²) in [5, 5.41) is 0. The third kappa shape index (κ3) is 2.83. The first kappa shape index (κ1) is 10.7. The number of methoxy groups -OCH3 is 1. The summed E-state index contributed by atoms with van der Waals surface area (Å²) >= 11 is 0. The van der Waals surface area contributed by atoms with Crippen molar-refractivity contribution in [1.82, 2.24) is 0 Å². The predicted octanol–water partition coefficient (Wildman–Crippen LogP) is 3.00. The molecule has 2 rings (SSSR count). The van der Waals surface area contributed by atoms with Gasteiger partial charge in [-0.3, -0.25) is 4.99 Å². The lowest BCUT2D eigenvalue weighted by Gasteiger charge is -1.99. The van der Waals surface area contributed by atoms with Gasteiger partial charge in [0.15, 0.2) is 0 Å². The van der Waals surface area contributed by atoms with Gasteiger partial charge in [-0.25, -0.2) is 0 Å². The Hall–Kier alpha value is -1.83. The molecule has 2 nitrogen and oxygen atoms in total. The molecule has 0 N–H and O–H groups in total. The molecule has 0 aromatic heterocycles. The smallest absolute Gasteiger partial charge is 0.118 e. The van der Waals surface area contributed by atoms with Gasteiger partial charge in [-0.2, -0.15) is 0 Å². The molecule has 1 aliphatic rings. The number of allylic oxidation sites excluding steroid dienone is 3. The van der Waals surface area contributed by atoms with Crippen molar-refractivity contribution in [3.8, 4) is 5.75 Å². The zero-order valence-corrected chi connectivity index (χ0v) is 9.39. The van der Waals surface area contributed by atoms with Crippen LogP contribution in [0.4, 0.5) is 0 Å². The molecule has 0 aliphatic heterocycles. The molecule has 0 atom stereocenters. The topological polar surface area (TPSA) is 21.6 Å².